The fourth-order valence-corrected chi connectivity index (χ4v) is 2.44. The zero-order valence-corrected chi connectivity index (χ0v) is 13.2. The van der Waals surface area contributed by atoms with Gasteiger partial charge >= 0.3 is 0 Å². The van der Waals surface area contributed by atoms with Crippen molar-refractivity contribution in [1.29, 1.82) is 0 Å². The van der Waals surface area contributed by atoms with Crippen LogP contribution in [0.2, 0.25) is 0 Å². The molecule has 21 heavy (non-hydrogen) atoms. The molecule has 0 aromatic heterocycles. The van der Waals surface area contributed by atoms with Gasteiger partial charge in [-0.2, -0.15) is 0 Å². The minimum atomic E-state index is -0.0781. The fourth-order valence-electron chi connectivity index (χ4n) is 2.44. The molecular formula is C17H26N2O2. The number of amides is 1. The molecule has 1 amide bonds. The lowest BCUT2D eigenvalue weighted by atomic mass is 10.0. The molecule has 1 saturated heterocycles. The van der Waals surface area contributed by atoms with E-state index in [0.717, 1.165) is 31.7 Å². The predicted octanol–water partition coefficient (Wildman–Crippen LogP) is 2.65. The molecule has 1 aromatic rings. The number of carbonyl (C=O) groups is 1. The first-order valence-electron chi connectivity index (χ1n) is 7.83. The lowest BCUT2D eigenvalue weighted by Crippen LogP contribution is -2.48. The quantitative estimate of drug-likeness (QED) is 0.847. The average Bonchev–Trinajstić information content (AvgIpc) is 2.48. The molecule has 4 nitrogen and oxygen atoms in total. The first kappa shape index (κ1) is 15.8. The smallest absolute Gasteiger partial charge is 0.237 e. The molecule has 1 aliphatic heterocycles. The van der Waals surface area contributed by atoms with Crippen LogP contribution in [0.3, 0.4) is 0 Å². The maximum absolute atomic E-state index is 11.8. The summed E-state index contributed by atoms with van der Waals surface area (Å²) in [6, 6.07) is 8.19. The number of ether oxygens (including phenoxy) is 1. The zero-order chi connectivity index (χ0) is 15.2. The van der Waals surface area contributed by atoms with E-state index in [0.29, 0.717) is 5.92 Å². The number of hydrogen-bond donors (Lipinski definition) is 2. The summed E-state index contributed by atoms with van der Waals surface area (Å²) in [7, 11) is 0. The van der Waals surface area contributed by atoms with Crippen molar-refractivity contribution in [2.45, 2.75) is 45.7 Å². The summed E-state index contributed by atoms with van der Waals surface area (Å²) in [5.41, 5.74) is 1.17. The van der Waals surface area contributed by atoms with E-state index in [1.165, 1.54) is 5.56 Å². The van der Waals surface area contributed by atoms with Gasteiger partial charge in [0, 0.05) is 12.6 Å². The molecule has 4 heteroatoms. The van der Waals surface area contributed by atoms with Gasteiger partial charge in [0.25, 0.3) is 0 Å². The molecule has 2 N–H and O–H groups in total. The Morgan fingerprint density at radius 1 is 1.29 bits per heavy atom. The van der Waals surface area contributed by atoms with E-state index in [4.69, 9.17) is 4.74 Å². The van der Waals surface area contributed by atoms with Crippen LogP contribution in [0.1, 0.15) is 45.2 Å². The molecule has 116 valence electrons. The molecule has 0 spiro atoms. The van der Waals surface area contributed by atoms with Gasteiger partial charge in [0.2, 0.25) is 5.91 Å². The Morgan fingerprint density at radius 2 is 2.00 bits per heavy atom. The number of benzene rings is 1. The van der Waals surface area contributed by atoms with Crippen LogP contribution >= 0.6 is 0 Å². The minimum absolute atomic E-state index is 0.0781. The highest BCUT2D eigenvalue weighted by molar-refractivity contribution is 5.82. The Hall–Kier alpha value is -1.55. The summed E-state index contributed by atoms with van der Waals surface area (Å²) in [6.45, 7) is 7.89. The van der Waals surface area contributed by atoms with Gasteiger partial charge < -0.3 is 10.1 Å². The Kier molecular flexibility index (Phi) is 5.62. The van der Waals surface area contributed by atoms with Crippen molar-refractivity contribution in [3.8, 4) is 5.75 Å². The summed E-state index contributed by atoms with van der Waals surface area (Å²) in [6.07, 6.45) is 1.95. The average molecular weight is 290 g/mol. The molecule has 0 radical (unpaired) electrons. The maximum atomic E-state index is 11.8. The van der Waals surface area contributed by atoms with Crippen LogP contribution < -0.4 is 15.4 Å². The van der Waals surface area contributed by atoms with Crippen LogP contribution in [-0.4, -0.2) is 25.1 Å². The molecular weight excluding hydrogens is 264 g/mol. The molecule has 1 heterocycles. The maximum Gasteiger partial charge on any atom is 0.237 e. The van der Waals surface area contributed by atoms with Gasteiger partial charge in [0.1, 0.15) is 5.75 Å². The van der Waals surface area contributed by atoms with Gasteiger partial charge in [-0.15, -0.1) is 0 Å². The molecule has 2 rings (SSSR count). The van der Waals surface area contributed by atoms with Crippen LogP contribution in [-0.2, 0) is 4.79 Å². The van der Waals surface area contributed by atoms with Crippen molar-refractivity contribution in [2.75, 3.05) is 13.2 Å². The number of rotatable bonds is 6. The number of hydrogen-bond acceptors (Lipinski definition) is 3. The van der Waals surface area contributed by atoms with Crippen LogP contribution in [0.5, 0.6) is 5.75 Å². The standard InChI is InChI=1S/C17H26N2O2/c1-12(2)11-21-15-8-6-14(7-9-15)13(3)19-16-5-4-10-18-17(16)20/h6-9,12-13,16,19H,4-5,10-11H2,1-3H3,(H,18,20). The summed E-state index contributed by atoms with van der Waals surface area (Å²) < 4.78 is 5.68. The number of carbonyl (C=O) groups excluding carboxylic acids is 1. The van der Waals surface area contributed by atoms with E-state index in [2.05, 4.69) is 43.5 Å². The minimum Gasteiger partial charge on any atom is -0.493 e. The molecule has 2 unspecified atom stereocenters. The van der Waals surface area contributed by atoms with E-state index in [-0.39, 0.29) is 18.0 Å². The molecule has 0 aliphatic carbocycles. The third-order valence-electron chi connectivity index (χ3n) is 3.70. The molecule has 0 saturated carbocycles. The normalized spacial score (nSPS) is 20.2. The SMILES string of the molecule is CC(C)COc1ccc(C(C)NC2CCCNC2=O)cc1. The summed E-state index contributed by atoms with van der Waals surface area (Å²) in [5, 5.41) is 6.31. The third-order valence-corrected chi connectivity index (χ3v) is 3.70. The van der Waals surface area contributed by atoms with Crippen LogP contribution in [0, 0.1) is 5.92 Å². The van der Waals surface area contributed by atoms with Crippen LogP contribution in [0.15, 0.2) is 24.3 Å². The van der Waals surface area contributed by atoms with Crippen molar-refractivity contribution < 1.29 is 9.53 Å². The predicted molar refractivity (Wildman–Crippen MR) is 84.4 cm³/mol. The van der Waals surface area contributed by atoms with Gasteiger partial charge in [0.05, 0.1) is 12.6 Å². The van der Waals surface area contributed by atoms with Crippen molar-refractivity contribution in [1.82, 2.24) is 10.6 Å². The van der Waals surface area contributed by atoms with Gasteiger partial charge in [-0.1, -0.05) is 26.0 Å². The van der Waals surface area contributed by atoms with E-state index in [1.54, 1.807) is 0 Å². The van der Waals surface area contributed by atoms with Gasteiger partial charge in [0.15, 0.2) is 0 Å². The molecule has 1 fully saturated rings. The molecule has 1 aromatic carbocycles. The van der Waals surface area contributed by atoms with E-state index < -0.39 is 0 Å². The van der Waals surface area contributed by atoms with Crippen molar-refractivity contribution in [3.05, 3.63) is 29.8 Å². The zero-order valence-electron chi connectivity index (χ0n) is 13.2. The van der Waals surface area contributed by atoms with Crippen molar-refractivity contribution >= 4 is 5.91 Å². The first-order chi connectivity index (χ1) is 10.1. The van der Waals surface area contributed by atoms with Gasteiger partial charge in [-0.05, 0) is 43.4 Å². The highest BCUT2D eigenvalue weighted by Gasteiger charge is 2.23. The second-order valence-corrected chi connectivity index (χ2v) is 6.15. The summed E-state index contributed by atoms with van der Waals surface area (Å²) in [5.74, 6) is 1.54. The van der Waals surface area contributed by atoms with Crippen LogP contribution in [0.25, 0.3) is 0 Å². The lowest BCUT2D eigenvalue weighted by molar-refractivity contribution is -0.124. The van der Waals surface area contributed by atoms with Crippen molar-refractivity contribution in [3.63, 3.8) is 0 Å². The topological polar surface area (TPSA) is 50.4 Å². The van der Waals surface area contributed by atoms with E-state index >= 15 is 0 Å². The molecule has 2 atom stereocenters. The second kappa shape index (κ2) is 7.46. The lowest BCUT2D eigenvalue weighted by Gasteiger charge is -2.26. The summed E-state index contributed by atoms with van der Waals surface area (Å²) >= 11 is 0. The second-order valence-electron chi connectivity index (χ2n) is 6.15. The number of nitrogens with one attached hydrogen (secondary N) is 2. The fraction of sp³-hybridized carbons (Fsp3) is 0.588. The van der Waals surface area contributed by atoms with Crippen LogP contribution in [0.4, 0.5) is 0 Å². The highest BCUT2D eigenvalue weighted by Crippen LogP contribution is 2.19. The Balaban J connectivity index is 1.90. The van der Waals surface area contributed by atoms with Gasteiger partial charge in [-0.25, -0.2) is 0 Å². The Labute approximate surface area is 127 Å². The largest absolute Gasteiger partial charge is 0.493 e. The first-order valence-corrected chi connectivity index (χ1v) is 7.83. The summed E-state index contributed by atoms with van der Waals surface area (Å²) in [4.78, 5) is 11.8. The molecule has 0 bridgehead atoms. The Morgan fingerprint density at radius 3 is 2.62 bits per heavy atom. The third kappa shape index (κ3) is 4.74. The van der Waals surface area contributed by atoms with Gasteiger partial charge in [-0.3, -0.25) is 10.1 Å². The monoisotopic (exact) mass is 290 g/mol. The highest BCUT2D eigenvalue weighted by atomic mass is 16.5. The Bertz CT molecular complexity index is 456. The molecule has 1 aliphatic rings. The van der Waals surface area contributed by atoms with E-state index in [1.807, 2.05) is 12.1 Å². The van der Waals surface area contributed by atoms with Crippen molar-refractivity contribution in [2.24, 2.45) is 5.92 Å². The number of piperidine rings is 1. The van der Waals surface area contributed by atoms with E-state index in [9.17, 15) is 4.79 Å².